The Balaban J connectivity index is 2.87. The summed E-state index contributed by atoms with van der Waals surface area (Å²) >= 11 is 5.43. The molecule has 0 aromatic rings. The van der Waals surface area contributed by atoms with Crippen LogP contribution >= 0.6 is 11.6 Å². The van der Waals surface area contributed by atoms with Crippen molar-refractivity contribution in [1.82, 2.24) is 4.31 Å². The Bertz CT molecular complexity index is 226. The highest BCUT2D eigenvalue weighted by Gasteiger charge is 2.26. The number of hydrogen-bond acceptors (Lipinski definition) is 2. The number of halogens is 1. The molecule has 3 nitrogen and oxygen atoms in total. The quantitative estimate of drug-likeness (QED) is 0.591. The van der Waals surface area contributed by atoms with Gasteiger partial charge in [-0.3, -0.25) is 9.10 Å². The van der Waals surface area contributed by atoms with E-state index in [-0.39, 0.29) is 10.3 Å². The monoisotopic (exact) mass is 179 g/mol. The maximum absolute atomic E-state index is 11.0. The topological polar surface area (TPSA) is 37.4 Å². The van der Waals surface area contributed by atoms with Gasteiger partial charge in [-0.05, 0) is 6.92 Å². The van der Waals surface area contributed by atoms with Crippen LogP contribution in [0.3, 0.4) is 0 Å². The molecule has 0 N–H and O–H groups in total. The summed E-state index contributed by atoms with van der Waals surface area (Å²) in [5, 5.41) is 0. The lowest BCUT2D eigenvalue weighted by Crippen LogP contribution is -2.25. The fraction of sp³-hybridized carbons (Fsp3) is 0.400. The molecule has 1 heterocycles. The summed E-state index contributed by atoms with van der Waals surface area (Å²) < 4.78 is 12.3. The molecule has 0 saturated carbocycles. The van der Waals surface area contributed by atoms with Gasteiger partial charge in [-0.2, -0.15) is 0 Å². The molecule has 1 atom stereocenters. The van der Waals surface area contributed by atoms with E-state index in [0.717, 1.165) is 0 Å². The highest BCUT2D eigenvalue weighted by molar-refractivity contribution is 7.89. The molecule has 1 amide bonds. The smallest absolute Gasteiger partial charge is 0.260 e. The fourth-order valence-electron chi connectivity index (χ4n) is 0.680. The molecule has 56 valence electrons. The van der Waals surface area contributed by atoms with E-state index in [1.807, 2.05) is 0 Å². The van der Waals surface area contributed by atoms with E-state index < -0.39 is 11.0 Å². The van der Waals surface area contributed by atoms with Crippen LogP contribution in [-0.2, 0) is 15.8 Å². The molecule has 1 unspecified atom stereocenters. The lowest BCUT2D eigenvalue weighted by Gasteiger charge is -2.09. The van der Waals surface area contributed by atoms with Crippen molar-refractivity contribution >= 4 is 28.5 Å². The summed E-state index contributed by atoms with van der Waals surface area (Å²) in [7, 11) is -1.43. The van der Waals surface area contributed by atoms with E-state index in [4.69, 9.17) is 11.6 Å². The van der Waals surface area contributed by atoms with Gasteiger partial charge >= 0.3 is 0 Å². The lowest BCUT2D eigenvalue weighted by atomic mass is 10.6. The molecule has 0 bridgehead atoms. The van der Waals surface area contributed by atoms with Crippen LogP contribution in [0.15, 0.2) is 10.4 Å². The van der Waals surface area contributed by atoms with Crippen LogP contribution in [0.5, 0.6) is 0 Å². The highest BCUT2D eigenvalue weighted by atomic mass is 35.5. The summed E-state index contributed by atoms with van der Waals surface area (Å²) in [6.45, 7) is 2.18. The largest absolute Gasteiger partial charge is 0.269 e. The SMILES string of the molecule is CCN1C(=O)C=C(Cl)S1=O. The first-order valence-corrected chi connectivity index (χ1v) is 4.26. The van der Waals surface area contributed by atoms with E-state index in [0.29, 0.717) is 6.54 Å². The average Bonchev–Trinajstić information content (AvgIpc) is 2.09. The number of hydrogen-bond donors (Lipinski definition) is 0. The van der Waals surface area contributed by atoms with Crippen molar-refractivity contribution in [1.29, 1.82) is 0 Å². The Labute approximate surface area is 66.2 Å². The van der Waals surface area contributed by atoms with Crippen molar-refractivity contribution in [3.63, 3.8) is 0 Å². The summed E-state index contributed by atoms with van der Waals surface area (Å²) in [6, 6.07) is 0. The van der Waals surface area contributed by atoms with Gasteiger partial charge in [0.2, 0.25) is 0 Å². The Morgan fingerprint density at radius 1 is 1.80 bits per heavy atom. The summed E-state index contributed by atoms with van der Waals surface area (Å²) in [6.07, 6.45) is 1.18. The molecule has 0 aromatic carbocycles. The van der Waals surface area contributed by atoms with Gasteiger partial charge in [0.1, 0.15) is 4.36 Å². The van der Waals surface area contributed by atoms with Crippen LogP contribution in [0.2, 0.25) is 0 Å². The van der Waals surface area contributed by atoms with Gasteiger partial charge in [-0.15, -0.1) is 0 Å². The van der Waals surface area contributed by atoms with Gasteiger partial charge in [0.25, 0.3) is 5.91 Å². The second kappa shape index (κ2) is 2.72. The molecule has 0 saturated heterocycles. The highest BCUT2D eigenvalue weighted by Crippen LogP contribution is 2.19. The second-order valence-electron chi connectivity index (χ2n) is 1.73. The third-order valence-corrected chi connectivity index (χ3v) is 2.93. The molecule has 0 fully saturated rings. The maximum atomic E-state index is 11.0. The van der Waals surface area contributed by atoms with Gasteiger partial charge in [-0.25, -0.2) is 4.21 Å². The molecular formula is C5H6ClNO2S. The van der Waals surface area contributed by atoms with Crippen molar-refractivity contribution in [2.24, 2.45) is 0 Å². The van der Waals surface area contributed by atoms with Crippen LogP contribution in [0.25, 0.3) is 0 Å². The third kappa shape index (κ3) is 1.09. The molecular weight excluding hydrogens is 174 g/mol. The standard InChI is InChI=1S/C5H6ClNO2S/c1-2-7-5(8)3-4(6)10(7)9/h3H,2H2,1H3. The number of likely N-dealkylation sites (N-methyl/N-ethyl adjacent to an activating group) is 1. The minimum atomic E-state index is -1.43. The molecule has 5 heteroatoms. The minimum Gasteiger partial charge on any atom is -0.269 e. The predicted octanol–water partition coefficient (Wildman–Crippen LogP) is 0.592. The number of carbonyl (C=O) groups excluding carboxylic acids is 1. The zero-order chi connectivity index (χ0) is 7.72. The fourth-order valence-corrected chi connectivity index (χ4v) is 1.89. The van der Waals surface area contributed by atoms with Crippen molar-refractivity contribution in [2.75, 3.05) is 6.54 Å². The summed E-state index contributed by atoms with van der Waals surface area (Å²) in [5.74, 6) is -0.272. The van der Waals surface area contributed by atoms with Crippen LogP contribution < -0.4 is 0 Å². The van der Waals surface area contributed by atoms with Gasteiger partial charge in [0, 0.05) is 12.6 Å². The van der Waals surface area contributed by atoms with E-state index in [1.165, 1.54) is 10.4 Å². The molecule has 0 spiro atoms. The average molecular weight is 180 g/mol. The Morgan fingerprint density at radius 3 is 2.60 bits per heavy atom. The Morgan fingerprint density at radius 2 is 2.40 bits per heavy atom. The van der Waals surface area contributed by atoms with Crippen molar-refractivity contribution in [3.8, 4) is 0 Å². The van der Waals surface area contributed by atoms with Crippen molar-refractivity contribution in [3.05, 3.63) is 10.4 Å². The van der Waals surface area contributed by atoms with Crippen LogP contribution in [-0.4, -0.2) is 21.0 Å². The minimum absolute atomic E-state index is 0.117. The zero-order valence-corrected chi connectivity index (χ0v) is 6.91. The number of nitrogens with zero attached hydrogens (tertiary/aromatic N) is 1. The van der Waals surface area contributed by atoms with E-state index in [9.17, 15) is 9.00 Å². The first-order chi connectivity index (χ1) is 4.66. The Kier molecular flexibility index (Phi) is 2.11. The second-order valence-corrected chi connectivity index (χ2v) is 3.74. The van der Waals surface area contributed by atoms with Crippen molar-refractivity contribution < 1.29 is 9.00 Å². The summed E-state index contributed by atoms with van der Waals surface area (Å²) in [5.41, 5.74) is 0. The maximum Gasteiger partial charge on any atom is 0.260 e. The molecule has 10 heavy (non-hydrogen) atoms. The van der Waals surface area contributed by atoms with Crippen LogP contribution in [0.1, 0.15) is 6.92 Å². The molecule has 0 aliphatic carbocycles. The van der Waals surface area contributed by atoms with Gasteiger partial charge < -0.3 is 0 Å². The number of rotatable bonds is 1. The predicted molar refractivity (Wildman–Crippen MR) is 39.5 cm³/mol. The van der Waals surface area contributed by atoms with E-state index in [2.05, 4.69) is 0 Å². The molecule has 0 aromatic heterocycles. The van der Waals surface area contributed by atoms with Crippen LogP contribution in [0.4, 0.5) is 0 Å². The lowest BCUT2D eigenvalue weighted by molar-refractivity contribution is -0.120. The molecule has 1 rings (SSSR count). The first-order valence-electron chi connectivity index (χ1n) is 2.77. The summed E-state index contributed by atoms with van der Waals surface area (Å²) in [4.78, 5) is 10.8. The zero-order valence-electron chi connectivity index (χ0n) is 5.33. The Hall–Kier alpha value is -0.350. The van der Waals surface area contributed by atoms with Gasteiger partial charge in [-0.1, -0.05) is 11.6 Å². The molecule has 1 aliphatic heterocycles. The molecule has 1 aliphatic rings. The van der Waals surface area contributed by atoms with E-state index in [1.54, 1.807) is 6.92 Å². The van der Waals surface area contributed by atoms with Gasteiger partial charge in [0.15, 0.2) is 11.0 Å². The normalized spacial score (nSPS) is 25.4. The molecule has 0 radical (unpaired) electrons. The van der Waals surface area contributed by atoms with E-state index >= 15 is 0 Å². The van der Waals surface area contributed by atoms with Crippen molar-refractivity contribution in [2.45, 2.75) is 6.92 Å². The first kappa shape index (κ1) is 7.75. The van der Waals surface area contributed by atoms with Crippen LogP contribution in [0, 0.1) is 0 Å². The van der Waals surface area contributed by atoms with Gasteiger partial charge in [0.05, 0.1) is 0 Å². The number of amides is 1. The third-order valence-electron chi connectivity index (χ3n) is 1.14. The number of carbonyl (C=O) groups is 1.